The molecule has 3 rings (SSSR count). The number of aryl methyl sites for hydroxylation is 2. The summed E-state index contributed by atoms with van der Waals surface area (Å²) in [4.78, 5) is 18.3. The van der Waals surface area contributed by atoms with Crippen LogP contribution in [0.25, 0.3) is 6.08 Å². The molecule has 0 N–H and O–H groups in total. The number of para-hydroxylation sites is 1. The molecule has 0 atom stereocenters. The smallest absolute Gasteiger partial charge is 0.246 e. The third-order valence-corrected chi connectivity index (χ3v) is 4.64. The van der Waals surface area contributed by atoms with Crippen molar-refractivity contribution in [1.29, 1.82) is 0 Å². The van der Waals surface area contributed by atoms with Gasteiger partial charge in [0.25, 0.3) is 0 Å². The Morgan fingerprint density at radius 1 is 1.30 bits per heavy atom. The van der Waals surface area contributed by atoms with Crippen molar-refractivity contribution in [3.8, 4) is 5.75 Å². The Balaban J connectivity index is 1.62. The third-order valence-electron chi connectivity index (χ3n) is 3.82. The van der Waals surface area contributed by atoms with Crippen molar-refractivity contribution in [3.63, 3.8) is 0 Å². The van der Waals surface area contributed by atoms with Crippen LogP contribution in [0.3, 0.4) is 0 Å². The Morgan fingerprint density at radius 2 is 2.11 bits per heavy atom. The van der Waals surface area contributed by atoms with Gasteiger partial charge in [-0.1, -0.05) is 23.4 Å². The Morgan fingerprint density at radius 3 is 2.81 bits per heavy atom. The van der Waals surface area contributed by atoms with Crippen molar-refractivity contribution in [1.82, 2.24) is 15.0 Å². The topological polar surface area (TPSA) is 68.5 Å². The first-order chi connectivity index (χ1) is 13.0. The average molecular weight is 383 g/mol. The van der Waals surface area contributed by atoms with Crippen molar-refractivity contribution < 1.29 is 14.1 Å². The van der Waals surface area contributed by atoms with E-state index in [1.165, 1.54) is 6.08 Å². The first kappa shape index (κ1) is 18.8. The normalized spacial score (nSPS) is 11.1. The molecule has 0 spiro atoms. The molecule has 3 aromatic rings. The minimum absolute atomic E-state index is 0.124. The lowest BCUT2D eigenvalue weighted by atomic mass is 10.2. The summed E-state index contributed by atoms with van der Waals surface area (Å²) in [5.74, 6) is 1.31. The Kier molecular flexibility index (Phi) is 6.03. The zero-order valence-corrected chi connectivity index (χ0v) is 16.3. The minimum atomic E-state index is -0.124. The van der Waals surface area contributed by atoms with E-state index in [-0.39, 0.29) is 5.91 Å². The monoisotopic (exact) mass is 383 g/mol. The van der Waals surface area contributed by atoms with E-state index < -0.39 is 0 Å². The zero-order valence-electron chi connectivity index (χ0n) is 15.5. The van der Waals surface area contributed by atoms with Crippen LogP contribution in [0.5, 0.6) is 5.75 Å². The highest BCUT2D eigenvalue weighted by atomic mass is 32.1. The largest absolute Gasteiger partial charge is 0.487 e. The van der Waals surface area contributed by atoms with Crippen LogP contribution in [0, 0.1) is 13.8 Å². The minimum Gasteiger partial charge on any atom is -0.487 e. The van der Waals surface area contributed by atoms with E-state index in [0.29, 0.717) is 18.9 Å². The molecule has 2 aromatic heterocycles. The van der Waals surface area contributed by atoms with Crippen molar-refractivity contribution in [2.45, 2.75) is 27.0 Å². The van der Waals surface area contributed by atoms with Gasteiger partial charge in [0.05, 0.1) is 17.2 Å². The number of thiazole rings is 1. The summed E-state index contributed by atoms with van der Waals surface area (Å²) in [6, 6.07) is 9.42. The van der Waals surface area contributed by atoms with E-state index in [0.717, 1.165) is 27.7 Å². The molecule has 0 bridgehead atoms. The van der Waals surface area contributed by atoms with Crippen molar-refractivity contribution in [2.24, 2.45) is 0 Å². The van der Waals surface area contributed by atoms with Crippen molar-refractivity contribution in [2.75, 3.05) is 7.05 Å². The lowest BCUT2D eigenvalue weighted by Crippen LogP contribution is -2.24. The highest BCUT2D eigenvalue weighted by Gasteiger charge is 2.10. The molecule has 0 fully saturated rings. The summed E-state index contributed by atoms with van der Waals surface area (Å²) in [6.07, 6.45) is 3.29. The van der Waals surface area contributed by atoms with Gasteiger partial charge < -0.3 is 14.2 Å². The predicted molar refractivity (Wildman–Crippen MR) is 104 cm³/mol. The van der Waals surface area contributed by atoms with Gasteiger partial charge in [-0.15, -0.1) is 11.3 Å². The molecule has 0 aliphatic rings. The fraction of sp³-hybridized carbons (Fsp3) is 0.250. The van der Waals surface area contributed by atoms with E-state index in [1.807, 2.05) is 49.6 Å². The summed E-state index contributed by atoms with van der Waals surface area (Å²) in [5, 5.41) is 6.90. The van der Waals surface area contributed by atoms with Gasteiger partial charge in [0, 0.05) is 30.1 Å². The van der Waals surface area contributed by atoms with Crippen molar-refractivity contribution in [3.05, 3.63) is 69.5 Å². The number of benzene rings is 1. The molecule has 2 heterocycles. The number of amides is 1. The number of hydrogen-bond donors (Lipinski definition) is 0. The van der Waals surface area contributed by atoms with Crippen LogP contribution >= 0.6 is 11.3 Å². The summed E-state index contributed by atoms with van der Waals surface area (Å²) in [5.41, 5.74) is 2.46. The molecule has 0 saturated carbocycles. The molecule has 1 aromatic carbocycles. The van der Waals surface area contributed by atoms with Gasteiger partial charge in [0.1, 0.15) is 23.8 Å². The number of aromatic nitrogens is 2. The number of carbonyl (C=O) groups is 1. The van der Waals surface area contributed by atoms with Gasteiger partial charge in [-0.05, 0) is 26.0 Å². The zero-order chi connectivity index (χ0) is 19.2. The lowest BCUT2D eigenvalue weighted by Gasteiger charge is -2.13. The first-order valence-electron chi connectivity index (χ1n) is 8.49. The van der Waals surface area contributed by atoms with Crippen LogP contribution in [0.1, 0.15) is 27.7 Å². The maximum Gasteiger partial charge on any atom is 0.246 e. The molecule has 0 aliphatic heterocycles. The summed E-state index contributed by atoms with van der Waals surface area (Å²) in [7, 11) is 1.73. The maximum atomic E-state index is 12.4. The standard InChI is InChI=1S/C20H21N3O3S/c1-14-10-17(22-26-14)11-23(3)20(24)9-8-16-6-4-5-7-19(16)25-12-18-13-27-15(2)21-18/h4-10,13H,11-12H2,1-3H3/b9-8+. The molecular weight excluding hydrogens is 362 g/mol. The maximum absolute atomic E-state index is 12.4. The van der Waals surface area contributed by atoms with Crippen LogP contribution in [0.2, 0.25) is 0 Å². The Bertz CT molecular complexity index is 945. The average Bonchev–Trinajstić information content (AvgIpc) is 3.26. The summed E-state index contributed by atoms with van der Waals surface area (Å²) < 4.78 is 10.9. The van der Waals surface area contributed by atoms with E-state index in [4.69, 9.17) is 9.26 Å². The lowest BCUT2D eigenvalue weighted by molar-refractivity contribution is -0.125. The van der Waals surface area contributed by atoms with Gasteiger partial charge in [-0.25, -0.2) is 4.98 Å². The van der Waals surface area contributed by atoms with Crippen LogP contribution in [-0.2, 0) is 17.9 Å². The molecule has 27 heavy (non-hydrogen) atoms. The second-order valence-corrected chi connectivity index (χ2v) is 7.20. The number of hydrogen-bond acceptors (Lipinski definition) is 6. The molecule has 0 radical (unpaired) electrons. The fourth-order valence-electron chi connectivity index (χ4n) is 2.48. The molecule has 1 amide bonds. The van der Waals surface area contributed by atoms with Crippen LogP contribution in [0.15, 0.2) is 46.3 Å². The van der Waals surface area contributed by atoms with E-state index in [1.54, 1.807) is 29.4 Å². The number of nitrogens with zero attached hydrogens (tertiary/aromatic N) is 3. The predicted octanol–water partition coefficient (Wildman–Crippen LogP) is 4.00. The molecular formula is C20H21N3O3S. The number of rotatable bonds is 7. The first-order valence-corrected chi connectivity index (χ1v) is 9.37. The van der Waals surface area contributed by atoms with Gasteiger partial charge in [0.15, 0.2) is 0 Å². The molecule has 0 aliphatic carbocycles. The number of likely N-dealkylation sites (N-methyl/N-ethyl adjacent to an activating group) is 1. The summed E-state index contributed by atoms with van der Waals surface area (Å²) >= 11 is 1.60. The second kappa shape index (κ2) is 8.64. The van der Waals surface area contributed by atoms with E-state index in [9.17, 15) is 4.79 Å². The van der Waals surface area contributed by atoms with Crippen molar-refractivity contribution >= 4 is 23.3 Å². The number of ether oxygens (including phenoxy) is 1. The highest BCUT2D eigenvalue weighted by Crippen LogP contribution is 2.21. The highest BCUT2D eigenvalue weighted by molar-refractivity contribution is 7.09. The molecule has 0 saturated heterocycles. The molecule has 6 nitrogen and oxygen atoms in total. The van der Waals surface area contributed by atoms with E-state index >= 15 is 0 Å². The van der Waals surface area contributed by atoms with Gasteiger partial charge in [-0.2, -0.15) is 0 Å². The van der Waals surface area contributed by atoms with E-state index in [2.05, 4.69) is 10.1 Å². The molecule has 7 heteroatoms. The number of carbonyl (C=O) groups excluding carboxylic acids is 1. The van der Waals surface area contributed by atoms with Crippen LogP contribution in [-0.4, -0.2) is 28.0 Å². The molecule has 0 unspecified atom stereocenters. The Hall–Kier alpha value is -2.93. The third kappa shape index (κ3) is 5.27. The SMILES string of the molecule is Cc1cc(CN(C)C(=O)/C=C/c2ccccc2OCc2csc(C)n2)no1. The Labute approximate surface area is 162 Å². The fourth-order valence-corrected chi connectivity index (χ4v) is 3.07. The van der Waals surface area contributed by atoms with Crippen LogP contribution < -0.4 is 4.74 Å². The quantitative estimate of drug-likeness (QED) is 0.577. The van der Waals surface area contributed by atoms with Crippen LogP contribution in [0.4, 0.5) is 0 Å². The summed E-state index contributed by atoms with van der Waals surface area (Å²) in [6.45, 7) is 4.58. The second-order valence-electron chi connectivity index (χ2n) is 6.14. The van der Waals surface area contributed by atoms with Gasteiger partial charge in [0.2, 0.25) is 5.91 Å². The molecule has 140 valence electrons. The van der Waals surface area contributed by atoms with Gasteiger partial charge in [-0.3, -0.25) is 4.79 Å². The van der Waals surface area contributed by atoms with Gasteiger partial charge >= 0.3 is 0 Å².